The van der Waals surface area contributed by atoms with E-state index in [2.05, 4.69) is 28.1 Å². The fourth-order valence-electron chi connectivity index (χ4n) is 1.54. The molecule has 0 atom stereocenters. The molecule has 3 nitrogen and oxygen atoms in total. The van der Waals surface area contributed by atoms with Crippen LogP contribution in [0.5, 0.6) is 0 Å². The van der Waals surface area contributed by atoms with E-state index in [0.717, 1.165) is 16.5 Å². The lowest BCUT2D eigenvalue weighted by Gasteiger charge is -2.11. The molecule has 0 amide bonds. The monoisotopic (exact) mass is 257 g/mol. The van der Waals surface area contributed by atoms with E-state index < -0.39 is 0 Å². The molecule has 2 rings (SSSR count). The molecular formula is C14H12ClN3. The molecule has 0 aliphatic rings. The van der Waals surface area contributed by atoms with E-state index in [0.29, 0.717) is 11.4 Å². The minimum atomic E-state index is -0.332. The molecule has 0 unspecified atom stereocenters. The Labute approximate surface area is 111 Å². The summed E-state index contributed by atoms with van der Waals surface area (Å²) in [4.78, 5) is 0. The van der Waals surface area contributed by atoms with Crippen LogP contribution in [0.1, 0.15) is 25.8 Å². The van der Waals surface area contributed by atoms with Crippen molar-refractivity contribution in [3.05, 3.63) is 28.9 Å². The average Bonchev–Trinajstić information content (AvgIpc) is 2.72. The van der Waals surface area contributed by atoms with Gasteiger partial charge in [-0.1, -0.05) is 23.4 Å². The van der Waals surface area contributed by atoms with Crippen LogP contribution in [-0.4, -0.2) is 10.2 Å². The second kappa shape index (κ2) is 4.72. The SMILES string of the molecule is CC(C)(C#Cc1cc2[nH]ncc2cc1Cl)CC#N. The highest BCUT2D eigenvalue weighted by molar-refractivity contribution is 6.32. The predicted octanol–water partition coefficient (Wildman–Crippen LogP) is 3.51. The van der Waals surface area contributed by atoms with Crippen molar-refractivity contribution in [2.45, 2.75) is 20.3 Å². The topological polar surface area (TPSA) is 52.5 Å². The number of aromatic nitrogens is 2. The molecule has 0 saturated heterocycles. The lowest BCUT2D eigenvalue weighted by Crippen LogP contribution is -2.06. The molecule has 90 valence electrons. The van der Waals surface area contributed by atoms with Gasteiger partial charge in [-0.3, -0.25) is 5.10 Å². The van der Waals surface area contributed by atoms with Gasteiger partial charge in [0.25, 0.3) is 0 Å². The van der Waals surface area contributed by atoms with Crippen LogP contribution in [0.25, 0.3) is 10.9 Å². The number of nitriles is 1. The van der Waals surface area contributed by atoms with Crippen LogP contribution in [0.15, 0.2) is 18.3 Å². The number of hydrogen-bond acceptors (Lipinski definition) is 2. The number of aromatic amines is 1. The van der Waals surface area contributed by atoms with E-state index in [1.165, 1.54) is 0 Å². The Hall–Kier alpha value is -1.97. The zero-order valence-electron chi connectivity index (χ0n) is 10.2. The summed E-state index contributed by atoms with van der Waals surface area (Å²) in [6.45, 7) is 3.87. The van der Waals surface area contributed by atoms with Gasteiger partial charge in [0.2, 0.25) is 0 Å². The number of hydrogen-bond donors (Lipinski definition) is 1. The average molecular weight is 258 g/mol. The van der Waals surface area contributed by atoms with Crippen LogP contribution in [0, 0.1) is 28.6 Å². The molecule has 1 aromatic carbocycles. The Bertz CT molecular complexity index is 680. The van der Waals surface area contributed by atoms with Crippen LogP contribution >= 0.6 is 11.6 Å². The van der Waals surface area contributed by atoms with Gasteiger partial charge in [-0.2, -0.15) is 10.4 Å². The summed E-state index contributed by atoms with van der Waals surface area (Å²) < 4.78 is 0. The van der Waals surface area contributed by atoms with Crippen molar-refractivity contribution in [2.75, 3.05) is 0 Å². The van der Waals surface area contributed by atoms with E-state index in [1.54, 1.807) is 6.20 Å². The molecule has 0 aliphatic carbocycles. The minimum Gasteiger partial charge on any atom is -0.278 e. The normalized spacial score (nSPS) is 10.8. The third-order valence-electron chi connectivity index (χ3n) is 2.58. The third kappa shape index (κ3) is 2.64. The van der Waals surface area contributed by atoms with Crippen molar-refractivity contribution in [3.8, 4) is 17.9 Å². The molecule has 1 aromatic heterocycles. The van der Waals surface area contributed by atoms with E-state index in [9.17, 15) is 0 Å². The molecule has 0 radical (unpaired) electrons. The first-order valence-corrected chi connectivity index (χ1v) is 5.92. The maximum atomic E-state index is 8.71. The summed E-state index contributed by atoms with van der Waals surface area (Å²) in [5.41, 5.74) is 1.32. The van der Waals surface area contributed by atoms with Gasteiger partial charge in [-0.15, -0.1) is 0 Å². The molecule has 0 spiro atoms. The summed E-state index contributed by atoms with van der Waals surface area (Å²) in [6, 6.07) is 5.84. The summed E-state index contributed by atoms with van der Waals surface area (Å²) in [6.07, 6.45) is 2.11. The Kier molecular flexibility index (Phi) is 3.28. The van der Waals surface area contributed by atoms with Crippen LogP contribution < -0.4 is 0 Å². The highest BCUT2D eigenvalue weighted by Gasteiger charge is 2.13. The molecule has 4 heteroatoms. The fourth-order valence-corrected chi connectivity index (χ4v) is 1.76. The molecule has 0 bridgehead atoms. The van der Waals surface area contributed by atoms with Gasteiger partial charge in [-0.05, 0) is 26.0 Å². The summed E-state index contributed by atoms with van der Waals surface area (Å²) in [5.74, 6) is 6.12. The molecule has 18 heavy (non-hydrogen) atoms. The number of rotatable bonds is 1. The Morgan fingerprint density at radius 1 is 1.44 bits per heavy atom. The second-order valence-corrected chi connectivity index (χ2v) is 5.17. The zero-order chi connectivity index (χ0) is 13.2. The van der Waals surface area contributed by atoms with Crippen molar-refractivity contribution < 1.29 is 0 Å². The summed E-state index contributed by atoms with van der Waals surface area (Å²) in [5, 5.41) is 17.1. The lowest BCUT2D eigenvalue weighted by atomic mass is 9.90. The first-order chi connectivity index (χ1) is 8.52. The standard InChI is InChI=1S/C14H12ClN3/c1-14(2,5-6-16)4-3-10-8-13-11(7-12(10)15)9-17-18-13/h7-9H,5H2,1-2H3,(H,17,18). The lowest BCUT2D eigenvalue weighted by molar-refractivity contribution is 0.519. The Balaban J connectivity index is 2.40. The summed E-state index contributed by atoms with van der Waals surface area (Å²) >= 11 is 6.16. The van der Waals surface area contributed by atoms with Crippen LogP contribution in [0.2, 0.25) is 5.02 Å². The maximum absolute atomic E-state index is 8.71. The second-order valence-electron chi connectivity index (χ2n) is 4.76. The van der Waals surface area contributed by atoms with Gasteiger partial charge in [0.05, 0.1) is 29.2 Å². The van der Waals surface area contributed by atoms with Gasteiger partial charge >= 0.3 is 0 Å². The quantitative estimate of drug-likeness (QED) is 0.795. The van der Waals surface area contributed by atoms with Crippen molar-refractivity contribution in [1.29, 1.82) is 5.26 Å². The van der Waals surface area contributed by atoms with E-state index in [-0.39, 0.29) is 5.41 Å². The van der Waals surface area contributed by atoms with Gasteiger partial charge in [-0.25, -0.2) is 0 Å². The van der Waals surface area contributed by atoms with Crippen molar-refractivity contribution in [3.63, 3.8) is 0 Å². The molecule has 1 heterocycles. The van der Waals surface area contributed by atoms with Crippen LogP contribution in [0.4, 0.5) is 0 Å². The molecule has 0 fully saturated rings. The minimum absolute atomic E-state index is 0.332. The maximum Gasteiger partial charge on any atom is 0.0663 e. The van der Waals surface area contributed by atoms with Crippen molar-refractivity contribution in [2.24, 2.45) is 5.41 Å². The summed E-state index contributed by atoms with van der Waals surface area (Å²) in [7, 11) is 0. The first-order valence-electron chi connectivity index (χ1n) is 5.54. The van der Waals surface area contributed by atoms with Gasteiger partial charge in [0.15, 0.2) is 0 Å². The van der Waals surface area contributed by atoms with E-state index >= 15 is 0 Å². The van der Waals surface area contributed by atoms with Gasteiger partial charge in [0, 0.05) is 16.4 Å². The van der Waals surface area contributed by atoms with E-state index in [1.807, 2.05) is 26.0 Å². The number of nitrogens with one attached hydrogen (secondary N) is 1. The highest BCUT2D eigenvalue weighted by Crippen LogP contribution is 2.23. The number of nitrogens with zero attached hydrogens (tertiary/aromatic N) is 2. The molecule has 2 aromatic rings. The van der Waals surface area contributed by atoms with E-state index in [4.69, 9.17) is 16.9 Å². The molecule has 0 saturated carbocycles. The number of benzene rings is 1. The molecule has 0 aliphatic heterocycles. The van der Waals surface area contributed by atoms with Crippen LogP contribution in [0.3, 0.4) is 0 Å². The zero-order valence-corrected chi connectivity index (χ0v) is 11.0. The third-order valence-corrected chi connectivity index (χ3v) is 2.90. The largest absolute Gasteiger partial charge is 0.278 e. The van der Waals surface area contributed by atoms with Gasteiger partial charge < -0.3 is 0 Å². The highest BCUT2D eigenvalue weighted by atomic mass is 35.5. The number of H-pyrrole nitrogens is 1. The molecular weight excluding hydrogens is 246 g/mol. The number of fused-ring (bicyclic) bond motifs is 1. The Morgan fingerprint density at radius 2 is 2.22 bits per heavy atom. The van der Waals surface area contributed by atoms with Crippen LogP contribution in [-0.2, 0) is 0 Å². The fraction of sp³-hybridized carbons (Fsp3) is 0.286. The van der Waals surface area contributed by atoms with Gasteiger partial charge in [0.1, 0.15) is 0 Å². The van der Waals surface area contributed by atoms with Crippen molar-refractivity contribution >= 4 is 22.5 Å². The first kappa shape index (κ1) is 12.5. The predicted molar refractivity (Wildman–Crippen MR) is 72.0 cm³/mol. The van der Waals surface area contributed by atoms with Crippen molar-refractivity contribution in [1.82, 2.24) is 10.2 Å². The smallest absolute Gasteiger partial charge is 0.0663 e. The molecule has 1 N–H and O–H groups in total. The Morgan fingerprint density at radius 3 is 2.94 bits per heavy atom. The number of halogens is 1.